The first-order valence-electron chi connectivity index (χ1n) is 4.10. The van der Waals surface area contributed by atoms with Crippen molar-refractivity contribution in [2.75, 3.05) is 11.5 Å². The Morgan fingerprint density at radius 3 is 2.44 bits per heavy atom. The van der Waals surface area contributed by atoms with Gasteiger partial charge in [0.05, 0.1) is 12.1 Å². The van der Waals surface area contributed by atoms with Crippen LogP contribution >= 0.6 is 15.9 Å². The molecule has 1 aromatic heterocycles. The van der Waals surface area contributed by atoms with Crippen molar-refractivity contribution in [3.8, 4) is 0 Å². The highest BCUT2D eigenvalue weighted by Gasteiger charge is 2.11. The highest BCUT2D eigenvalue weighted by Crippen LogP contribution is 2.18. The molecule has 1 amide bonds. The van der Waals surface area contributed by atoms with Crippen LogP contribution in [0.1, 0.15) is 5.69 Å². The van der Waals surface area contributed by atoms with E-state index in [1.807, 2.05) is 0 Å². The molecule has 86 valence electrons. The molecule has 0 bridgehead atoms. The molecule has 0 aliphatic heterocycles. The molecule has 1 heterocycles. The van der Waals surface area contributed by atoms with Gasteiger partial charge in [-0.1, -0.05) is 0 Å². The standard InChI is InChI=1S/C7H10BrN7O/c8-4-6(10)15-5(9)2(13-4)1-3(16)14-7(11)12/h1H2,(H4,9,10,15)(H4,11,12,14,16). The number of hydrogen-bond donors (Lipinski definition) is 4. The van der Waals surface area contributed by atoms with Gasteiger partial charge in [-0.05, 0) is 15.9 Å². The van der Waals surface area contributed by atoms with Crippen LogP contribution < -0.4 is 22.9 Å². The lowest BCUT2D eigenvalue weighted by molar-refractivity contribution is -0.117. The minimum atomic E-state index is -0.558. The fraction of sp³-hybridized carbons (Fsp3) is 0.143. The molecule has 0 radical (unpaired) electrons. The number of guanidine groups is 1. The lowest BCUT2D eigenvalue weighted by atomic mass is 10.3. The largest absolute Gasteiger partial charge is 0.382 e. The molecule has 9 heteroatoms. The smallest absolute Gasteiger partial charge is 0.255 e. The lowest BCUT2D eigenvalue weighted by Crippen LogP contribution is -2.24. The molecular formula is C7H10BrN7O. The van der Waals surface area contributed by atoms with Crippen LogP contribution in [0.5, 0.6) is 0 Å². The van der Waals surface area contributed by atoms with E-state index in [2.05, 4.69) is 30.9 Å². The molecule has 8 nitrogen and oxygen atoms in total. The SMILES string of the molecule is NC(N)=NC(=O)Cc1nc(Br)c(N)nc1N. The van der Waals surface area contributed by atoms with Crippen molar-refractivity contribution in [3.05, 3.63) is 10.3 Å². The fourth-order valence-corrected chi connectivity index (χ4v) is 1.23. The first-order valence-corrected chi connectivity index (χ1v) is 4.89. The van der Waals surface area contributed by atoms with Gasteiger partial charge >= 0.3 is 0 Å². The predicted octanol–water partition coefficient (Wildman–Crippen LogP) is -1.25. The van der Waals surface area contributed by atoms with Crippen molar-refractivity contribution in [2.24, 2.45) is 16.5 Å². The van der Waals surface area contributed by atoms with Crippen LogP contribution in [0.4, 0.5) is 11.6 Å². The third-order valence-corrected chi connectivity index (χ3v) is 2.14. The van der Waals surface area contributed by atoms with E-state index in [-0.39, 0.29) is 29.7 Å². The molecule has 0 saturated carbocycles. The maximum absolute atomic E-state index is 11.3. The average molecular weight is 288 g/mol. The first-order chi connectivity index (χ1) is 7.40. The normalized spacial score (nSPS) is 9.81. The molecule has 16 heavy (non-hydrogen) atoms. The number of carbonyl (C=O) groups is 1. The Kier molecular flexibility index (Phi) is 3.61. The number of anilines is 2. The fourth-order valence-electron chi connectivity index (χ4n) is 0.930. The van der Waals surface area contributed by atoms with E-state index in [9.17, 15) is 4.79 Å². The third kappa shape index (κ3) is 3.05. The number of hydrogen-bond acceptors (Lipinski definition) is 5. The van der Waals surface area contributed by atoms with E-state index in [0.717, 1.165) is 0 Å². The highest BCUT2D eigenvalue weighted by molar-refractivity contribution is 9.10. The van der Waals surface area contributed by atoms with E-state index in [1.54, 1.807) is 0 Å². The van der Waals surface area contributed by atoms with Crippen molar-refractivity contribution in [1.29, 1.82) is 0 Å². The number of aromatic nitrogens is 2. The van der Waals surface area contributed by atoms with Crippen LogP contribution in [0.25, 0.3) is 0 Å². The Bertz CT molecular complexity index is 454. The average Bonchev–Trinajstić information content (AvgIpc) is 2.12. The van der Waals surface area contributed by atoms with Crippen LogP contribution in [-0.2, 0) is 11.2 Å². The van der Waals surface area contributed by atoms with Gasteiger partial charge < -0.3 is 22.9 Å². The predicted molar refractivity (Wildman–Crippen MR) is 63.1 cm³/mol. The van der Waals surface area contributed by atoms with Crippen molar-refractivity contribution < 1.29 is 4.79 Å². The number of halogens is 1. The van der Waals surface area contributed by atoms with Crippen molar-refractivity contribution >= 4 is 39.4 Å². The Hall–Kier alpha value is -1.90. The number of nitrogens with two attached hydrogens (primary N) is 4. The Labute approximate surface area is 99.2 Å². The summed E-state index contributed by atoms with van der Waals surface area (Å²) in [6, 6.07) is 0. The topological polar surface area (TPSA) is 159 Å². The maximum atomic E-state index is 11.3. The van der Waals surface area contributed by atoms with E-state index in [0.29, 0.717) is 4.60 Å². The van der Waals surface area contributed by atoms with Crippen LogP contribution in [0.15, 0.2) is 9.60 Å². The van der Waals surface area contributed by atoms with Gasteiger partial charge in [0.1, 0.15) is 10.4 Å². The zero-order valence-electron chi connectivity index (χ0n) is 8.14. The summed E-state index contributed by atoms with van der Waals surface area (Å²) in [7, 11) is 0. The molecule has 0 unspecified atom stereocenters. The summed E-state index contributed by atoms with van der Waals surface area (Å²) >= 11 is 3.07. The third-order valence-electron chi connectivity index (χ3n) is 1.55. The molecule has 0 spiro atoms. The van der Waals surface area contributed by atoms with Crippen molar-refractivity contribution in [3.63, 3.8) is 0 Å². The lowest BCUT2D eigenvalue weighted by Gasteiger charge is -2.04. The second-order valence-electron chi connectivity index (χ2n) is 2.84. The molecule has 0 aliphatic carbocycles. The molecule has 0 aliphatic rings. The quantitative estimate of drug-likeness (QED) is 0.390. The van der Waals surface area contributed by atoms with Gasteiger partial charge in [0.15, 0.2) is 11.8 Å². The summed E-state index contributed by atoms with van der Waals surface area (Å²) < 4.78 is 0.314. The molecular weight excluding hydrogens is 278 g/mol. The Morgan fingerprint density at radius 1 is 1.25 bits per heavy atom. The van der Waals surface area contributed by atoms with Crippen LogP contribution in [0, 0.1) is 0 Å². The monoisotopic (exact) mass is 287 g/mol. The number of aliphatic imine (C=N–C) groups is 1. The molecule has 0 saturated heterocycles. The summed E-state index contributed by atoms with van der Waals surface area (Å²) in [6.07, 6.45) is -0.143. The Morgan fingerprint density at radius 2 is 1.88 bits per heavy atom. The summed E-state index contributed by atoms with van der Waals surface area (Å²) in [5.41, 5.74) is 21.3. The van der Waals surface area contributed by atoms with Gasteiger partial charge in [0.25, 0.3) is 5.91 Å². The molecule has 1 rings (SSSR count). The number of rotatable bonds is 2. The number of amides is 1. The minimum absolute atomic E-state index is 0.0693. The molecule has 0 aromatic carbocycles. The van der Waals surface area contributed by atoms with Gasteiger partial charge in [-0.15, -0.1) is 0 Å². The van der Waals surface area contributed by atoms with E-state index >= 15 is 0 Å². The van der Waals surface area contributed by atoms with Crippen LogP contribution in [0.2, 0.25) is 0 Å². The highest BCUT2D eigenvalue weighted by atomic mass is 79.9. The van der Waals surface area contributed by atoms with Gasteiger partial charge in [0, 0.05) is 0 Å². The second-order valence-corrected chi connectivity index (χ2v) is 3.59. The molecule has 8 N–H and O–H groups in total. The molecule has 0 atom stereocenters. The summed E-state index contributed by atoms with van der Waals surface area (Å²) in [4.78, 5) is 22.3. The number of nitrogen functional groups attached to an aromatic ring is 2. The van der Waals surface area contributed by atoms with Gasteiger partial charge in [0.2, 0.25) is 0 Å². The molecule has 0 fully saturated rings. The van der Waals surface area contributed by atoms with Crippen molar-refractivity contribution in [2.45, 2.75) is 6.42 Å². The minimum Gasteiger partial charge on any atom is -0.382 e. The zero-order chi connectivity index (χ0) is 12.3. The number of carbonyl (C=O) groups excluding carboxylic acids is 1. The molecule has 1 aromatic rings. The first kappa shape index (κ1) is 12.2. The van der Waals surface area contributed by atoms with Gasteiger partial charge in [-0.25, -0.2) is 9.97 Å². The van der Waals surface area contributed by atoms with E-state index in [4.69, 9.17) is 22.9 Å². The number of nitrogens with zero attached hydrogens (tertiary/aromatic N) is 3. The maximum Gasteiger partial charge on any atom is 0.255 e. The van der Waals surface area contributed by atoms with E-state index < -0.39 is 5.91 Å². The van der Waals surface area contributed by atoms with Gasteiger partial charge in [-0.2, -0.15) is 4.99 Å². The second kappa shape index (κ2) is 4.75. The van der Waals surface area contributed by atoms with Crippen LogP contribution in [0.3, 0.4) is 0 Å². The summed E-state index contributed by atoms with van der Waals surface area (Å²) in [5.74, 6) is -0.654. The zero-order valence-corrected chi connectivity index (χ0v) is 9.73. The summed E-state index contributed by atoms with van der Waals surface area (Å²) in [6.45, 7) is 0. The van der Waals surface area contributed by atoms with E-state index in [1.165, 1.54) is 0 Å². The van der Waals surface area contributed by atoms with Crippen LogP contribution in [-0.4, -0.2) is 21.8 Å². The summed E-state index contributed by atoms with van der Waals surface area (Å²) in [5, 5.41) is 0. The Balaban J connectivity index is 2.94. The van der Waals surface area contributed by atoms with Crippen molar-refractivity contribution in [1.82, 2.24) is 9.97 Å². The van der Waals surface area contributed by atoms with Gasteiger partial charge in [-0.3, -0.25) is 4.79 Å².